The minimum Gasteiger partial charge on any atom is -0.508 e. The molecule has 2 aromatic rings. The predicted molar refractivity (Wildman–Crippen MR) is 72.5 cm³/mol. The van der Waals surface area contributed by atoms with E-state index in [-0.39, 0.29) is 11.5 Å². The SMILES string of the molecule is COC(=O)c1oc(CSc2ccc(O)cc2)cc1C. The molecular formula is C14H14O4S. The van der Waals surface area contributed by atoms with E-state index >= 15 is 0 Å². The van der Waals surface area contributed by atoms with Crippen LogP contribution >= 0.6 is 11.8 Å². The number of phenols is 1. The van der Waals surface area contributed by atoms with Crippen molar-refractivity contribution < 1.29 is 19.1 Å². The monoisotopic (exact) mass is 278 g/mol. The average Bonchev–Trinajstić information content (AvgIpc) is 2.78. The van der Waals surface area contributed by atoms with Crippen LogP contribution in [0.4, 0.5) is 0 Å². The first-order valence-corrected chi connectivity index (χ1v) is 6.68. The minimum atomic E-state index is -0.460. The van der Waals surface area contributed by atoms with E-state index in [0.717, 1.165) is 16.2 Å². The Balaban J connectivity index is 2.04. The third-order valence-corrected chi connectivity index (χ3v) is 3.59. The summed E-state index contributed by atoms with van der Waals surface area (Å²) in [6.45, 7) is 1.81. The maximum atomic E-state index is 11.4. The Labute approximate surface area is 115 Å². The summed E-state index contributed by atoms with van der Waals surface area (Å²) in [6.07, 6.45) is 0. The van der Waals surface area contributed by atoms with E-state index in [9.17, 15) is 9.90 Å². The molecule has 2 rings (SSSR count). The van der Waals surface area contributed by atoms with Gasteiger partial charge in [0.2, 0.25) is 5.76 Å². The van der Waals surface area contributed by atoms with Gasteiger partial charge in [0.15, 0.2) is 0 Å². The van der Waals surface area contributed by atoms with E-state index in [1.54, 1.807) is 23.9 Å². The highest BCUT2D eigenvalue weighted by atomic mass is 32.2. The van der Waals surface area contributed by atoms with Crippen LogP contribution in [0.3, 0.4) is 0 Å². The summed E-state index contributed by atoms with van der Waals surface area (Å²) in [5, 5.41) is 9.19. The Morgan fingerprint density at radius 1 is 1.37 bits per heavy atom. The van der Waals surface area contributed by atoms with Gasteiger partial charge in [-0.2, -0.15) is 0 Å². The summed E-state index contributed by atoms with van der Waals surface area (Å²) >= 11 is 1.57. The van der Waals surface area contributed by atoms with E-state index in [2.05, 4.69) is 4.74 Å². The first-order chi connectivity index (χ1) is 9.10. The molecule has 0 amide bonds. The number of carbonyl (C=O) groups excluding carboxylic acids is 1. The number of aromatic hydroxyl groups is 1. The Hall–Kier alpha value is -1.88. The highest BCUT2D eigenvalue weighted by Crippen LogP contribution is 2.26. The normalized spacial score (nSPS) is 10.4. The van der Waals surface area contributed by atoms with Crippen LogP contribution in [0.2, 0.25) is 0 Å². The number of furan rings is 1. The van der Waals surface area contributed by atoms with Crippen molar-refractivity contribution in [1.82, 2.24) is 0 Å². The van der Waals surface area contributed by atoms with Crippen LogP contribution in [0.1, 0.15) is 21.9 Å². The third kappa shape index (κ3) is 3.32. The fourth-order valence-corrected chi connectivity index (χ4v) is 2.39. The molecule has 1 aromatic heterocycles. The van der Waals surface area contributed by atoms with E-state index in [4.69, 9.17) is 4.42 Å². The van der Waals surface area contributed by atoms with E-state index in [1.807, 2.05) is 25.1 Å². The molecule has 0 saturated heterocycles. The quantitative estimate of drug-likeness (QED) is 0.686. The number of carbonyl (C=O) groups is 1. The van der Waals surface area contributed by atoms with E-state index < -0.39 is 5.97 Å². The summed E-state index contributed by atoms with van der Waals surface area (Å²) in [6, 6.07) is 8.76. The lowest BCUT2D eigenvalue weighted by molar-refractivity contribution is 0.0562. The molecule has 1 heterocycles. The summed E-state index contributed by atoms with van der Waals surface area (Å²) in [5.41, 5.74) is 0.771. The zero-order chi connectivity index (χ0) is 13.8. The number of rotatable bonds is 4. The van der Waals surface area contributed by atoms with Crippen LogP contribution in [0.5, 0.6) is 5.75 Å². The average molecular weight is 278 g/mol. The van der Waals surface area contributed by atoms with Crippen molar-refractivity contribution in [3.63, 3.8) is 0 Å². The van der Waals surface area contributed by atoms with Crippen molar-refractivity contribution in [2.75, 3.05) is 7.11 Å². The summed E-state index contributed by atoms with van der Waals surface area (Å²) in [7, 11) is 1.33. The number of esters is 1. The molecule has 0 atom stereocenters. The third-order valence-electron chi connectivity index (χ3n) is 2.56. The van der Waals surface area contributed by atoms with Gasteiger partial charge in [0.1, 0.15) is 11.5 Å². The first-order valence-electron chi connectivity index (χ1n) is 5.69. The molecule has 0 bridgehead atoms. The fourth-order valence-electron chi connectivity index (χ4n) is 1.61. The van der Waals surface area contributed by atoms with E-state index in [0.29, 0.717) is 5.75 Å². The maximum Gasteiger partial charge on any atom is 0.374 e. The summed E-state index contributed by atoms with van der Waals surface area (Å²) < 4.78 is 10.1. The first kappa shape index (κ1) is 13.5. The molecule has 0 aliphatic rings. The van der Waals surface area contributed by atoms with Gasteiger partial charge in [0.25, 0.3) is 0 Å². The molecule has 1 aromatic carbocycles. The Morgan fingerprint density at radius 2 is 2.05 bits per heavy atom. The molecule has 0 aliphatic carbocycles. The lowest BCUT2D eigenvalue weighted by atomic mass is 10.3. The van der Waals surface area contributed by atoms with Gasteiger partial charge in [-0.15, -0.1) is 11.8 Å². The van der Waals surface area contributed by atoms with Crippen LogP contribution in [0, 0.1) is 6.92 Å². The number of benzene rings is 1. The molecule has 19 heavy (non-hydrogen) atoms. The molecule has 0 fully saturated rings. The highest BCUT2D eigenvalue weighted by molar-refractivity contribution is 7.98. The molecule has 1 N–H and O–H groups in total. The molecule has 0 radical (unpaired) electrons. The van der Waals surface area contributed by atoms with Gasteiger partial charge in [0, 0.05) is 10.5 Å². The number of ether oxygens (including phenoxy) is 1. The lowest BCUT2D eigenvalue weighted by Crippen LogP contribution is -2.00. The van der Waals surface area contributed by atoms with Gasteiger partial charge in [-0.3, -0.25) is 0 Å². The van der Waals surface area contributed by atoms with Crippen LogP contribution in [-0.2, 0) is 10.5 Å². The second-order valence-corrected chi connectivity index (χ2v) is 5.05. The van der Waals surface area contributed by atoms with Gasteiger partial charge < -0.3 is 14.3 Å². The van der Waals surface area contributed by atoms with Gasteiger partial charge >= 0.3 is 5.97 Å². The van der Waals surface area contributed by atoms with E-state index in [1.165, 1.54) is 7.11 Å². The van der Waals surface area contributed by atoms with Crippen molar-refractivity contribution in [2.24, 2.45) is 0 Å². The largest absolute Gasteiger partial charge is 0.508 e. The number of hydrogen-bond donors (Lipinski definition) is 1. The molecule has 0 saturated carbocycles. The Kier molecular flexibility index (Phi) is 4.16. The smallest absolute Gasteiger partial charge is 0.374 e. The molecule has 0 spiro atoms. The van der Waals surface area contributed by atoms with Gasteiger partial charge in [-0.1, -0.05) is 0 Å². The second-order valence-electron chi connectivity index (χ2n) is 4.00. The molecule has 4 nitrogen and oxygen atoms in total. The van der Waals surface area contributed by atoms with Crippen molar-refractivity contribution >= 4 is 17.7 Å². The predicted octanol–water partition coefficient (Wildman–Crippen LogP) is 3.37. The zero-order valence-electron chi connectivity index (χ0n) is 10.7. The Bertz CT molecular complexity index is 572. The van der Waals surface area contributed by atoms with Crippen molar-refractivity contribution in [1.29, 1.82) is 0 Å². The van der Waals surface area contributed by atoms with Gasteiger partial charge in [-0.25, -0.2) is 4.79 Å². The van der Waals surface area contributed by atoms with Crippen molar-refractivity contribution in [3.8, 4) is 5.75 Å². The molecule has 5 heteroatoms. The highest BCUT2D eigenvalue weighted by Gasteiger charge is 2.15. The molecule has 100 valence electrons. The summed E-state index contributed by atoms with van der Waals surface area (Å²) in [5.74, 6) is 1.37. The van der Waals surface area contributed by atoms with Crippen LogP contribution in [0.25, 0.3) is 0 Å². The lowest BCUT2D eigenvalue weighted by Gasteiger charge is -1.99. The topological polar surface area (TPSA) is 59.7 Å². The van der Waals surface area contributed by atoms with Gasteiger partial charge in [0.05, 0.1) is 12.9 Å². The Morgan fingerprint density at radius 3 is 2.68 bits per heavy atom. The minimum absolute atomic E-state index is 0.242. The number of aryl methyl sites for hydroxylation is 1. The molecule has 0 unspecified atom stereocenters. The number of hydrogen-bond acceptors (Lipinski definition) is 5. The zero-order valence-corrected chi connectivity index (χ0v) is 11.5. The number of methoxy groups -OCH3 is 1. The maximum absolute atomic E-state index is 11.4. The van der Waals surface area contributed by atoms with Crippen molar-refractivity contribution in [3.05, 3.63) is 47.4 Å². The summed E-state index contributed by atoms with van der Waals surface area (Å²) in [4.78, 5) is 12.4. The number of thioether (sulfide) groups is 1. The van der Waals surface area contributed by atoms with Gasteiger partial charge in [-0.05, 0) is 37.3 Å². The fraction of sp³-hybridized carbons (Fsp3) is 0.214. The second kappa shape index (κ2) is 5.84. The van der Waals surface area contributed by atoms with Crippen LogP contribution in [-0.4, -0.2) is 18.2 Å². The van der Waals surface area contributed by atoms with Crippen molar-refractivity contribution in [2.45, 2.75) is 17.6 Å². The molecular weight excluding hydrogens is 264 g/mol. The van der Waals surface area contributed by atoms with Crippen LogP contribution < -0.4 is 0 Å². The van der Waals surface area contributed by atoms with Crippen LogP contribution in [0.15, 0.2) is 39.6 Å². The standard InChI is InChI=1S/C14H14O4S/c1-9-7-11(18-13(9)14(16)17-2)8-19-12-5-3-10(15)4-6-12/h3-7,15H,8H2,1-2H3. The molecule has 0 aliphatic heterocycles. The number of phenolic OH excluding ortho intramolecular Hbond substituents is 1.